The van der Waals surface area contributed by atoms with Crippen molar-refractivity contribution in [3.63, 3.8) is 0 Å². The minimum atomic E-state index is -0.766. The first-order valence-electron chi connectivity index (χ1n) is 11.3. The molecule has 0 unspecified atom stereocenters. The Morgan fingerprint density at radius 2 is 1.35 bits per heavy atom. The van der Waals surface area contributed by atoms with Crippen LogP contribution in [0.4, 0.5) is 11.4 Å². The number of nitrogens with zero attached hydrogens (tertiary/aromatic N) is 2. The summed E-state index contributed by atoms with van der Waals surface area (Å²) in [4.78, 5) is 76.6. The molecule has 0 radical (unpaired) electrons. The Morgan fingerprint density at radius 3 is 1.97 bits per heavy atom. The van der Waals surface area contributed by atoms with E-state index < -0.39 is 29.6 Å². The molecule has 1 N–H and O–H groups in total. The van der Waals surface area contributed by atoms with Gasteiger partial charge in [0.2, 0.25) is 5.91 Å². The molecule has 2 heterocycles. The molecule has 0 aromatic heterocycles. The highest BCUT2D eigenvalue weighted by molar-refractivity contribution is 6.34. The van der Waals surface area contributed by atoms with E-state index in [4.69, 9.17) is 4.74 Å². The Morgan fingerprint density at radius 1 is 0.757 bits per heavy atom. The molecular weight excluding hydrogens is 478 g/mol. The molecule has 2 aliphatic heterocycles. The van der Waals surface area contributed by atoms with Crippen LogP contribution in [0.5, 0.6) is 0 Å². The SMILES string of the molecule is CC(=O)Nc1ccc(N2C(=O)c3ccc(C(=O)OCCN4C(=O)c5ccccc5C4=O)cc3C2=O)cc1. The van der Waals surface area contributed by atoms with Crippen LogP contribution in [0.25, 0.3) is 0 Å². The van der Waals surface area contributed by atoms with Crippen molar-refractivity contribution < 1.29 is 33.5 Å². The van der Waals surface area contributed by atoms with Gasteiger partial charge in [-0.2, -0.15) is 0 Å². The fraction of sp³-hybridized carbons (Fsp3) is 0.111. The van der Waals surface area contributed by atoms with Gasteiger partial charge in [-0.25, -0.2) is 9.69 Å². The van der Waals surface area contributed by atoms with E-state index in [1.165, 1.54) is 37.3 Å². The summed E-state index contributed by atoms with van der Waals surface area (Å²) >= 11 is 0. The highest BCUT2D eigenvalue weighted by atomic mass is 16.5. The molecular formula is C27H19N3O7. The number of rotatable bonds is 6. The standard InChI is InChI=1S/C27H19N3O7/c1-15(31)28-17-7-9-18(10-8-17)30-25(34)21-11-6-16(14-22(21)26(30)35)27(36)37-13-12-29-23(32)19-4-2-3-5-20(19)24(29)33/h2-11,14H,12-13H2,1H3,(H,28,31). The second-order valence-corrected chi connectivity index (χ2v) is 8.38. The fourth-order valence-corrected chi connectivity index (χ4v) is 4.25. The predicted molar refractivity (Wildman–Crippen MR) is 130 cm³/mol. The van der Waals surface area contributed by atoms with Crippen molar-refractivity contribution in [2.45, 2.75) is 6.92 Å². The Balaban J connectivity index is 1.25. The Kier molecular flexibility index (Phi) is 5.84. The molecule has 5 rings (SSSR count). The third-order valence-electron chi connectivity index (χ3n) is 5.99. The number of amides is 5. The molecule has 10 heteroatoms. The van der Waals surface area contributed by atoms with Crippen molar-refractivity contribution >= 4 is 46.9 Å². The number of carbonyl (C=O) groups excluding carboxylic acids is 6. The first-order chi connectivity index (χ1) is 17.8. The lowest BCUT2D eigenvalue weighted by atomic mass is 10.1. The van der Waals surface area contributed by atoms with E-state index >= 15 is 0 Å². The van der Waals surface area contributed by atoms with Crippen LogP contribution in [-0.4, -0.2) is 53.6 Å². The second-order valence-electron chi connectivity index (χ2n) is 8.38. The maximum Gasteiger partial charge on any atom is 0.338 e. The number of imide groups is 2. The average Bonchev–Trinajstić information content (AvgIpc) is 3.28. The van der Waals surface area contributed by atoms with E-state index in [1.807, 2.05) is 0 Å². The predicted octanol–water partition coefficient (Wildman–Crippen LogP) is 2.90. The monoisotopic (exact) mass is 497 g/mol. The smallest absolute Gasteiger partial charge is 0.338 e. The molecule has 0 aliphatic carbocycles. The summed E-state index contributed by atoms with van der Waals surface area (Å²) in [6.07, 6.45) is 0. The number of hydrogen-bond donors (Lipinski definition) is 1. The number of esters is 1. The van der Waals surface area contributed by atoms with Crippen LogP contribution in [0.15, 0.2) is 66.7 Å². The summed E-state index contributed by atoms with van der Waals surface area (Å²) in [6.45, 7) is 1.01. The molecule has 37 heavy (non-hydrogen) atoms. The topological polar surface area (TPSA) is 130 Å². The molecule has 2 aliphatic rings. The number of fused-ring (bicyclic) bond motifs is 2. The van der Waals surface area contributed by atoms with Gasteiger partial charge in [-0.15, -0.1) is 0 Å². The minimum absolute atomic E-state index is 0.0464. The van der Waals surface area contributed by atoms with Crippen LogP contribution < -0.4 is 10.2 Å². The molecule has 0 atom stereocenters. The maximum atomic E-state index is 13.0. The van der Waals surface area contributed by atoms with Crippen molar-refractivity contribution in [3.05, 3.63) is 94.5 Å². The van der Waals surface area contributed by atoms with Crippen LogP contribution >= 0.6 is 0 Å². The first kappa shape index (κ1) is 23.6. The van der Waals surface area contributed by atoms with Crippen LogP contribution in [-0.2, 0) is 9.53 Å². The maximum absolute atomic E-state index is 13.0. The molecule has 0 fully saturated rings. The van der Waals surface area contributed by atoms with E-state index in [-0.39, 0.29) is 35.7 Å². The summed E-state index contributed by atoms with van der Waals surface area (Å²) in [5.41, 5.74) is 1.66. The van der Waals surface area contributed by atoms with Crippen molar-refractivity contribution in [3.8, 4) is 0 Å². The molecule has 5 amide bonds. The van der Waals surface area contributed by atoms with Crippen LogP contribution in [0, 0.1) is 0 Å². The van der Waals surface area contributed by atoms with Crippen LogP contribution in [0.2, 0.25) is 0 Å². The fourth-order valence-electron chi connectivity index (χ4n) is 4.25. The summed E-state index contributed by atoms with van der Waals surface area (Å²) < 4.78 is 5.23. The quantitative estimate of drug-likeness (QED) is 0.409. The number of hydrogen-bond acceptors (Lipinski definition) is 7. The van der Waals surface area contributed by atoms with Crippen LogP contribution in [0.3, 0.4) is 0 Å². The van der Waals surface area contributed by atoms with Gasteiger partial charge in [0.25, 0.3) is 23.6 Å². The number of nitrogens with one attached hydrogen (secondary N) is 1. The first-order valence-corrected chi connectivity index (χ1v) is 11.3. The molecule has 3 aromatic rings. The molecule has 184 valence electrons. The third kappa shape index (κ3) is 4.14. The van der Waals surface area contributed by atoms with Gasteiger partial charge in [0.05, 0.1) is 40.0 Å². The highest BCUT2D eigenvalue weighted by Crippen LogP contribution is 2.30. The molecule has 10 nitrogen and oxygen atoms in total. The third-order valence-corrected chi connectivity index (χ3v) is 5.99. The van der Waals surface area contributed by atoms with Gasteiger partial charge in [-0.1, -0.05) is 12.1 Å². The highest BCUT2D eigenvalue weighted by Gasteiger charge is 2.38. The molecule has 3 aromatic carbocycles. The lowest BCUT2D eigenvalue weighted by Crippen LogP contribution is -2.33. The zero-order valence-corrected chi connectivity index (χ0v) is 19.5. The Hall–Kier alpha value is -5.12. The van der Waals surface area contributed by atoms with Gasteiger partial charge < -0.3 is 10.1 Å². The van der Waals surface area contributed by atoms with E-state index in [1.54, 1.807) is 36.4 Å². The van der Waals surface area contributed by atoms with E-state index in [0.29, 0.717) is 22.5 Å². The van der Waals surface area contributed by atoms with E-state index in [9.17, 15) is 28.8 Å². The lowest BCUT2D eigenvalue weighted by Gasteiger charge is -2.14. The minimum Gasteiger partial charge on any atom is -0.460 e. The van der Waals surface area contributed by atoms with Crippen molar-refractivity contribution in [2.24, 2.45) is 0 Å². The van der Waals surface area contributed by atoms with Gasteiger partial charge in [-0.3, -0.25) is 28.9 Å². The van der Waals surface area contributed by atoms with Crippen molar-refractivity contribution in [1.29, 1.82) is 0 Å². The van der Waals surface area contributed by atoms with Gasteiger partial charge in [0.15, 0.2) is 0 Å². The van der Waals surface area contributed by atoms with Crippen molar-refractivity contribution in [1.82, 2.24) is 4.90 Å². The van der Waals surface area contributed by atoms with Crippen molar-refractivity contribution in [2.75, 3.05) is 23.4 Å². The summed E-state index contributed by atoms with van der Waals surface area (Å²) in [7, 11) is 0. The number of ether oxygens (including phenoxy) is 1. The Bertz CT molecular complexity index is 1480. The number of benzene rings is 3. The summed E-state index contributed by atoms with van der Waals surface area (Å²) in [5, 5.41) is 2.61. The molecule has 0 saturated heterocycles. The molecule has 0 saturated carbocycles. The summed E-state index contributed by atoms with van der Waals surface area (Å²) in [6, 6.07) is 16.7. The Labute approximate surface area is 210 Å². The average molecular weight is 497 g/mol. The second kappa shape index (κ2) is 9.15. The van der Waals surface area contributed by atoms with Gasteiger partial charge in [0.1, 0.15) is 6.61 Å². The molecule has 0 spiro atoms. The van der Waals surface area contributed by atoms with E-state index in [0.717, 1.165) is 9.80 Å². The molecule has 0 bridgehead atoms. The van der Waals surface area contributed by atoms with Gasteiger partial charge in [-0.05, 0) is 54.6 Å². The van der Waals surface area contributed by atoms with Crippen LogP contribution in [0.1, 0.15) is 58.7 Å². The lowest BCUT2D eigenvalue weighted by molar-refractivity contribution is -0.114. The van der Waals surface area contributed by atoms with Gasteiger partial charge >= 0.3 is 5.97 Å². The van der Waals surface area contributed by atoms with Gasteiger partial charge in [0, 0.05) is 12.6 Å². The zero-order chi connectivity index (χ0) is 26.3. The largest absolute Gasteiger partial charge is 0.460 e. The normalized spacial score (nSPS) is 14.1. The number of carbonyl (C=O) groups is 6. The zero-order valence-electron chi connectivity index (χ0n) is 19.5. The van der Waals surface area contributed by atoms with E-state index in [2.05, 4.69) is 5.32 Å². The number of anilines is 2. The summed E-state index contributed by atoms with van der Waals surface area (Å²) in [5.74, 6) is -3.08.